The molecule has 0 spiro atoms. The molecule has 1 fully saturated rings. The number of sulfonamides is 1. The summed E-state index contributed by atoms with van der Waals surface area (Å²) in [6.45, 7) is 7.63. The van der Waals surface area contributed by atoms with Crippen LogP contribution in [0.3, 0.4) is 0 Å². The molecule has 0 aromatic heterocycles. The lowest BCUT2D eigenvalue weighted by atomic mass is 9.78. The SMILES string of the molecule is CCC(C)NS(=O)(=O)c1ccc(C(=O)OCC(=O)NC2CCCC(C)C2C)cc1. The van der Waals surface area contributed by atoms with Gasteiger partial charge in [0.05, 0.1) is 10.5 Å². The van der Waals surface area contributed by atoms with Gasteiger partial charge in [0.25, 0.3) is 5.91 Å². The zero-order valence-corrected chi connectivity index (χ0v) is 18.4. The van der Waals surface area contributed by atoms with Crippen molar-refractivity contribution in [3.63, 3.8) is 0 Å². The van der Waals surface area contributed by atoms with Crippen LogP contribution in [0.2, 0.25) is 0 Å². The molecule has 8 heteroatoms. The van der Waals surface area contributed by atoms with Crippen LogP contribution in [0.15, 0.2) is 29.2 Å². The Labute approximate surface area is 173 Å². The van der Waals surface area contributed by atoms with Crippen LogP contribution in [-0.2, 0) is 19.6 Å². The topological polar surface area (TPSA) is 102 Å². The quantitative estimate of drug-likeness (QED) is 0.625. The Hall–Kier alpha value is -1.93. The normalized spacial score (nSPS) is 23.2. The molecule has 1 aromatic rings. The first kappa shape index (κ1) is 23.3. The van der Waals surface area contributed by atoms with Crippen molar-refractivity contribution in [2.24, 2.45) is 11.8 Å². The summed E-state index contributed by atoms with van der Waals surface area (Å²) in [6.07, 6.45) is 3.86. The highest BCUT2D eigenvalue weighted by Gasteiger charge is 2.28. The summed E-state index contributed by atoms with van der Waals surface area (Å²) < 4.78 is 32.2. The fourth-order valence-electron chi connectivity index (χ4n) is 3.43. The molecule has 7 nitrogen and oxygen atoms in total. The number of esters is 1. The largest absolute Gasteiger partial charge is 0.452 e. The van der Waals surface area contributed by atoms with Crippen molar-refractivity contribution in [2.75, 3.05) is 6.61 Å². The monoisotopic (exact) mass is 424 g/mol. The van der Waals surface area contributed by atoms with E-state index in [2.05, 4.69) is 23.9 Å². The minimum Gasteiger partial charge on any atom is -0.452 e. The van der Waals surface area contributed by atoms with Crippen molar-refractivity contribution in [3.8, 4) is 0 Å². The van der Waals surface area contributed by atoms with E-state index in [0.29, 0.717) is 18.3 Å². The molecular weight excluding hydrogens is 392 g/mol. The van der Waals surface area contributed by atoms with Gasteiger partial charge < -0.3 is 10.1 Å². The molecule has 1 aliphatic carbocycles. The fraction of sp³-hybridized carbons (Fsp3) is 0.619. The Balaban J connectivity index is 1.88. The van der Waals surface area contributed by atoms with E-state index >= 15 is 0 Å². The lowest BCUT2D eigenvalue weighted by Gasteiger charge is -2.34. The average Bonchev–Trinajstić information content (AvgIpc) is 2.69. The van der Waals surface area contributed by atoms with Gasteiger partial charge in [-0.05, 0) is 55.9 Å². The molecule has 2 N–H and O–H groups in total. The van der Waals surface area contributed by atoms with Crippen LogP contribution in [0.4, 0.5) is 0 Å². The lowest BCUT2D eigenvalue weighted by molar-refractivity contribution is -0.125. The molecule has 1 amide bonds. The summed E-state index contributed by atoms with van der Waals surface area (Å²) in [5.74, 6) is -0.0339. The summed E-state index contributed by atoms with van der Waals surface area (Å²) in [6, 6.07) is 5.40. The molecule has 2 rings (SSSR count). The van der Waals surface area contributed by atoms with Crippen molar-refractivity contribution in [3.05, 3.63) is 29.8 Å². The van der Waals surface area contributed by atoms with E-state index in [-0.39, 0.29) is 35.1 Å². The molecule has 1 aliphatic rings. The molecule has 0 heterocycles. The van der Waals surface area contributed by atoms with E-state index < -0.39 is 16.0 Å². The van der Waals surface area contributed by atoms with E-state index in [9.17, 15) is 18.0 Å². The van der Waals surface area contributed by atoms with Gasteiger partial charge in [-0.2, -0.15) is 0 Å². The number of carbonyl (C=O) groups is 2. The first-order chi connectivity index (χ1) is 13.6. The van der Waals surface area contributed by atoms with Crippen LogP contribution >= 0.6 is 0 Å². The second kappa shape index (κ2) is 10.2. The second-order valence-electron chi connectivity index (χ2n) is 7.97. The maximum absolute atomic E-state index is 12.3. The smallest absolute Gasteiger partial charge is 0.338 e. The van der Waals surface area contributed by atoms with Crippen LogP contribution in [0.25, 0.3) is 0 Å². The maximum atomic E-state index is 12.3. The van der Waals surface area contributed by atoms with Gasteiger partial charge in [0.15, 0.2) is 6.61 Å². The van der Waals surface area contributed by atoms with Crippen LogP contribution in [0.5, 0.6) is 0 Å². The molecule has 4 atom stereocenters. The molecule has 0 aliphatic heterocycles. The van der Waals surface area contributed by atoms with Gasteiger partial charge in [0, 0.05) is 12.1 Å². The van der Waals surface area contributed by atoms with E-state index in [4.69, 9.17) is 4.74 Å². The van der Waals surface area contributed by atoms with E-state index in [1.165, 1.54) is 30.7 Å². The Morgan fingerprint density at radius 3 is 2.45 bits per heavy atom. The first-order valence-corrected chi connectivity index (χ1v) is 11.7. The standard InChI is InChI=1S/C21H32N2O5S/c1-5-15(3)23-29(26,27)18-11-9-17(10-12-18)21(25)28-13-20(24)22-19-8-6-7-14(2)16(19)4/h9-12,14-16,19,23H,5-8,13H2,1-4H3,(H,22,24). The predicted molar refractivity (Wildman–Crippen MR) is 111 cm³/mol. The number of nitrogens with one attached hydrogen (secondary N) is 2. The number of rotatable bonds is 8. The Morgan fingerprint density at radius 1 is 1.17 bits per heavy atom. The Morgan fingerprint density at radius 2 is 1.83 bits per heavy atom. The molecular formula is C21H32N2O5S. The van der Waals surface area contributed by atoms with Gasteiger partial charge in [-0.25, -0.2) is 17.9 Å². The average molecular weight is 425 g/mol. The van der Waals surface area contributed by atoms with Gasteiger partial charge in [0.2, 0.25) is 10.0 Å². The minimum absolute atomic E-state index is 0.0764. The molecule has 4 unspecified atom stereocenters. The number of amides is 1. The van der Waals surface area contributed by atoms with Gasteiger partial charge in [-0.3, -0.25) is 4.79 Å². The Kier molecular flexibility index (Phi) is 8.22. The van der Waals surface area contributed by atoms with Crippen LogP contribution in [0, 0.1) is 11.8 Å². The summed E-state index contributed by atoms with van der Waals surface area (Å²) >= 11 is 0. The highest BCUT2D eigenvalue weighted by Crippen LogP contribution is 2.29. The second-order valence-corrected chi connectivity index (χ2v) is 9.69. The number of hydrogen-bond acceptors (Lipinski definition) is 5. The van der Waals surface area contributed by atoms with Gasteiger partial charge in [-0.15, -0.1) is 0 Å². The molecule has 1 aromatic carbocycles. The number of carbonyl (C=O) groups excluding carboxylic acids is 2. The number of benzene rings is 1. The summed E-state index contributed by atoms with van der Waals surface area (Å²) in [4.78, 5) is 24.4. The Bertz CT molecular complexity index is 807. The van der Waals surface area contributed by atoms with Crippen LogP contribution in [-0.4, -0.2) is 39.0 Å². The third kappa shape index (κ3) is 6.54. The van der Waals surface area contributed by atoms with Gasteiger partial charge in [0.1, 0.15) is 0 Å². The van der Waals surface area contributed by atoms with Crippen LogP contribution < -0.4 is 10.0 Å². The van der Waals surface area contributed by atoms with Gasteiger partial charge in [-0.1, -0.05) is 33.6 Å². The molecule has 0 bridgehead atoms. The van der Waals surface area contributed by atoms with Crippen LogP contribution in [0.1, 0.15) is 63.7 Å². The van der Waals surface area contributed by atoms with Gasteiger partial charge >= 0.3 is 5.97 Å². The van der Waals surface area contributed by atoms with Crippen molar-refractivity contribution < 1.29 is 22.7 Å². The molecule has 29 heavy (non-hydrogen) atoms. The highest BCUT2D eigenvalue weighted by molar-refractivity contribution is 7.89. The zero-order valence-electron chi connectivity index (χ0n) is 17.6. The third-order valence-electron chi connectivity index (χ3n) is 5.76. The first-order valence-electron chi connectivity index (χ1n) is 10.2. The van der Waals surface area contributed by atoms with E-state index in [1.54, 1.807) is 6.92 Å². The van der Waals surface area contributed by atoms with Crippen molar-refractivity contribution in [1.29, 1.82) is 0 Å². The molecule has 0 saturated heterocycles. The minimum atomic E-state index is -3.63. The molecule has 0 radical (unpaired) electrons. The number of hydrogen-bond donors (Lipinski definition) is 2. The third-order valence-corrected chi connectivity index (χ3v) is 7.36. The van der Waals surface area contributed by atoms with E-state index in [1.807, 2.05) is 6.92 Å². The fourth-order valence-corrected chi connectivity index (χ4v) is 4.76. The maximum Gasteiger partial charge on any atom is 0.338 e. The molecule has 162 valence electrons. The van der Waals surface area contributed by atoms with Crippen molar-refractivity contribution in [1.82, 2.24) is 10.0 Å². The lowest BCUT2D eigenvalue weighted by Crippen LogP contribution is -2.45. The van der Waals surface area contributed by atoms with Crippen molar-refractivity contribution in [2.45, 2.75) is 70.4 Å². The molecule has 1 saturated carbocycles. The zero-order chi connectivity index (χ0) is 21.6. The highest BCUT2D eigenvalue weighted by atomic mass is 32.2. The summed E-state index contributed by atoms with van der Waals surface area (Å²) in [7, 11) is -3.63. The summed E-state index contributed by atoms with van der Waals surface area (Å²) in [5, 5.41) is 2.95. The predicted octanol–water partition coefficient (Wildman–Crippen LogP) is 2.86. The number of ether oxygens (including phenoxy) is 1. The summed E-state index contributed by atoms with van der Waals surface area (Å²) in [5.41, 5.74) is 0.194. The van der Waals surface area contributed by atoms with Crippen molar-refractivity contribution >= 4 is 21.9 Å². The van der Waals surface area contributed by atoms with E-state index in [0.717, 1.165) is 12.8 Å².